The molecule has 2 aliphatic heterocycles. The molecule has 1 fully saturated rings. The van der Waals surface area contributed by atoms with Crippen LogP contribution in [-0.2, 0) is 10.2 Å². The van der Waals surface area contributed by atoms with Crippen molar-refractivity contribution in [2.24, 2.45) is 16.0 Å². The molecule has 0 unspecified atom stereocenters. The third-order valence-corrected chi connectivity index (χ3v) is 6.70. The van der Waals surface area contributed by atoms with Gasteiger partial charge in [0.15, 0.2) is 5.84 Å². The Labute approximate surface area is 196 Å². The Morgan fingerprint density at radius 1 is 1.26 bits per heavy atom. The van der Waals surface area contributed by atoms with Crippen LogP contribution in [0.25, 0.3) is 5.82 Å². The quantitative estimate of drug-likeness (QED) is 0.563. The van der Waals surface area contributed by atoms with Crippen LogP contribution in [0.3, 0.4) is 0 Å². The number of amidine groups is 1. The zero-order valence-electron chi connectivity index (χ0n) is 18.2. The molecule has 1 aromatic carbocycles. The fourth-order valence-electron chi connectivity index (χ4n) is 4.20. The Morgan fingerprint density at radius 2 is 2.15 bits per heavy atom. The molecule has 3 N–H and O–H groups in total. The van der Waals surface area contributed by atoms with Gasteiger partial charge in [0.25, 0.3) is 5.91 Å². The molecule has 34 heavy (non-hydrogen) atoms. The van der Waals surface area contributed by atoms with Gasteiger partial charge in [-0.05, 0) is 37.1 Å². The molecule has 11 nitrogen and oxygen atoms in total. The Balaban J connectivity index is 1.27. The molecule has 12 heteroatoms. The number of fused-ring (bicyclic) bond motifs is 1. The third kappa shape index (κ3) is 4.44. The summed E-state index contributed by atoms with van der Waals surface area (Å²) in [6.07, 6.45) is 8.45. The summed E-state index contributed by atoms with van der Waals surface area (Å²) in [5.41, 5.74) is 7.21. The van der Waals surface area contributed by atoms with Crippen LogP contribution < -0.4 is 15.2 Å². The van der Waals surface area contributed by atoms with Crippen LogP contribution in [0, 0.1) is 5.92 Å². The molecule has 0 aliphatic carbocycles. The minimum Gasteiger partial charge on any atom is -0.492 e. The molecule has 1 amide bonds. The molecule has 0 bridgehead atoms. The van der Waals surface area contributed by atoms with Crippen LogP contribution in [0.5, 0.6) is 5.75 Å². The fraction of sp³-hybridized carbons (Fsp3) is 0.273. The van der Waals surface area contributed by atoms with Crippen LogP contribution in [0.4, 0.5) is 5.69 Å². The second-order valence-electron chi connectivity index (χ2n) is 8.18. The number of carbonyl (C=O) groups is 1. The summed E-state index contributed by atoms with van der Waals surface area (Å²) in [7, 11) is -3.85. The van der Waals surface area contributed by atoms with E-state index < -0.39 is 10.2 Å². The van der Waals surface area contributed by atoms with Gasteiger partial charge < -0.3 is 15.4 Å². The number of benzene rings is 1. The molecule has 5 rings (SSSR count). The number of nitrogens with one attached hydrogen (secondary N) is 1. The van der Waals surface area contributed by atoms with Crippen molar-refractivity contribution in [1.29, 1.82) is 0 Å². The lowest BCUT2D eigenvalue weighted by atomic mass is 9.98. The molecule has 0 spiro atoms. The van der Waals surface area contributed by atoms with Crippen molar-refractivity contribution in [1.82, 2.24) is 19.4 Å². The molecule has 0 saturated carbocycles. The molecule has 2 aromatic heterocycles. The van der Waals surface area contributed by atoms with E-state index in [1.54, 1.807) is 59.8 Å². The lowest BCUT2D eigenvalue weighted by molar-refractivity contribution is 0.0633. The first-order valence-corrected chi connectivity index (χ1v) is 12.2. The zero-order valence-corrected chi connectivity index (χ0v) is 19.0. The van der Waals surface area contributed by atoms with Crippen molar-refractivity contribution in [3.05, 3.63) is 66.4 Å². The average molecular weight is 482 g/mol. The molecule has 1 saturated heterocycles. The van der Waals surface area contributed by atoms with E-state index in [2.05, 4.69) is 19.1 Å². The summed E-state index contributed by atoms with van der Waals surface area (Å²) >= 11 is 0. The topological polar surface area (TPSA) is 145 Å². The van der Waals surface area contributed by atoms with E-state index in [1.165, 1.54) is 0 Å². The molecule has 176 valence electrons. The number of imidazole rings is 1. The monoisotopic (exact) mass is 481 g/mol. The van der Waals surface area contributed by atoms with E-state index in [0.717, 1.165) is 12.8 Å². The molecule has 4 heterocycles. The summed E-state index contributed by atoms with van der Waals surface area (Å²) in [6.45, 7) is 1.57. The number of nitrogens with zero attached hydrogens (tertiary/aromatic N) is 5. The molecule has 3 aromatic rings. The number of hydrogen-bond donors (Lipinski definition) is 2. The number of aromatic nitrogens is 3. The van der Waals surface area contributed by atoms with E-state index in [9.17, 15) is 13.2 Å². The van der Waals surface area contributed by atoms with Gasteiger partial charge in [-0.3, -0.25) is 14.1 Å². The number of hydrogen-bond acceptors (Lipinski definition) is 7. The van der Waals surface area contributed by atoms with Crippen LogP contribution >= 0.6 is 0 Å². The van der Waals surface area contributed by atoms with E-state index >= 15 is 0 Å². The van der Waals surface area contributed by atoms with Gasteiger partial charge in [-0.25, -0.2) is 9.97 Å². The fourth-order valence-corrected chi connectivity index (χ4v) is 5.04. The van der Waals surface area contributed by atoms with Gasteiger partial charge in [0.05, 0.1) is 17.9 Å². The molecule has 0 radical (unpaired) electrons. The van der Waals surface area contributed by atoms with Crippen molar-refractivity contribution in [2.45, 2.75) is 12.8 Å². The number of nitrogens with two attached hydrogens (primary N) is 1. The summed E-state index contributed by atoms with van der Waals surface area (Å²) < 4.78 is 37.2. The zero-order chi connectivity index (χ0) is 23.7. The minimum atomic E-state index is -3.85. The number of likely N-dealkylation sites (tertiary alicyclic amines) is 1. The van der Waals surface area contributed by atoms with Crippen LogP contribution in [-0.4, -0.2) is 59.3 Å². The van der Waals surface area contributed by atoms with Gasteiger partial charge in [0, 0.05) is 43.2 Å². The second-order valence-corrected chi connectivity index (χ2v) is 9.51. The first kappa shape index (κ1) is 21.9. The Bertz CT molecular complexity index is 1360. The molecular weight excluding hydrogens is 458 g/mol. The number of carbonyl (C=O) groups excluding carboxylic acids is 1. The number of ether oxygens (including phenoxy) is 1. The summed E-state index contributed by atoms with van der Waals surface area (Å²) in [6, 6.07) is 8.48. The highest BCUT2D eigenvalue weighted by Gasteiger charge is 2.27. The Hall–Kier alpha value is -3.93. The molecule has 1 atom stereocenters. The first-order chi connectivity index (χ1) is 16.4. The van der Waals surface area contributed by atoms with Gasteiger partial charge in [-0.1, -0.05) is 6.07 Å². The summed E-state index contributed by atoms with van der Waals surface area (Å²) in [5.74, 6) is 1.02. The number of amides is 1. The van der Waals surface area contributed by atoms with Crippen molar-refractivity contribution in [3.8, 4) is 11.6 Å². The minimum absolute atomic E-state index is 0.0589. The highest BCUT2D eigenvalue weighted by atomic mass is 32.2. The smallest absolute Gasteiger partial charge is 0.344 e. The lowest BCUT2D eigenvalue weighted by Crippen LogP contribution is -2.41. The second kappa shape index (κ2) is 8.78. The Morgan fingerprint density at radius 3 is 2.97 bits per heavy atom. The molecule has 2 aliphatic rings. The maximum Gasteiger partial charge on any atom is 0.344 e. The van der Waals surface area contributed by atoms with Gasteiger partial charge in [0.1, 0.15) is 17.9 Å². The highest BCUT2D eigenvalue weighted by Crippen LogP contribution is 2.31. The third-order valence-electron chi connectivity index (χ3n) is 5.78. The predicted octanol–water partition coefficient (Wildman–Crippen LogP) is 1.57. The van der Waals surface area contributed by atoms with E-state index in [-0.39, 0.29) is 17.7 Å². The summed E-state index contributed by atoms with van der Waals surface area (Å²) in [4.78, 5) is 23.3. The normalized spacial score (nSPS) is 19.0. The Kier molecular flexibility index (Phi) is 5.65. The number of piperidine rings is 1. The largest absolute Gasteiger partial charge is 0.492 e. The lowest BCUT2D eigenvalue weighted by Gasteiger charge is -2.33. The van der Waals surface area contributed by atoms with Crippen molar-refractivity contribution >= 4 is 27.6 Å². The van der Waals surface area contributed by atoms with E-state index in [0.29, 0.717) is 48.1 Å². The van der Waals surface area contributed by atoms with Gasteiger partial charge >= 0.3 is 10.2 Å². The summed E-state index contributed by atoms with van der Waals surface area (Å²) in [5, 5.41) is 0. The van der Waals surface area contributed by atoms with E-state index in [4.69, 9.17) is 10.5 Å². The van der Waals surface area contributed by atoms with Crippen LogP contribution in [0.2, 0.25) is 0 Å². The van der Waals surface area contributed by atoms with Gasteiger partial charge in [-0.2, -0.15) is 8.42 Å². The van der Waals surface area contributed by atoms with Crippen molar-refractivity contribution in [3.63, 3.8) is 0 Å². The maximum atomic E-state index is 13.2. The van der Waals surface area contributed by atoms with Gasteiger partial charge in [0.2, 0.25) is 0 Å². The van der Waals surface area contributed by atoms with Crippen molar-refractivity contribution < 1.29 is 17.9 Å². The number of rotatable bonds is 5. The van der Waals surface area contributed by atoms with Gasteiger partial charge in [-0.15, -0.1) is 4.40 Å². The number of anilines is 1. The van der Waals surface area contributed by atoms with Crippen LogP contribution in [0.1, 0.15) is 28.8 Å². The van der Waals surface area contributed by atoms with E-state index in [1.807, 2.05) is 4.90 Å². The average Bonchev–Trinajstić information content (AvgIpc) is 3.37. The SMILES string of the molecule is NC1=NS(=O)(=O)Nc2cccc(OC[C@H]3CCCN(C(=O)c4ccnc(-n5ccnc5)c4)C3)c21. The van der Waals surface area contributed by atoms with Crippen molar-refractivity contribution in [2.75, 3.05) is 24.4 Å². The molecular formula is C22H23N7O4S. The number of pyridine rings is 1. The maximum absolute atomic E-state index is 13.2. The highest BCUT2D eigenvalue weighted by molar-refractivity contribution is 7.91. The first-order valence-electron chi connectivity index (χ1n) is 10.8. The van der Waals surface area contributed by atoms with Crippen LogP contribution in [0.15, 0.2) is 59.6 Å². The standard InChI is InChI=1S/C22H23N7O4S/c23-21-20-17(26-34(31,32)27-21)4-1-5-18(20)33-13-15-3-2-9-28(12-15)22(30)16-6-7-25-19(11-16)29-10-8-24-14-29/h1,4-8,10-11,14-15,26H,2-3,9,12-13H2,(H2,23,27)/t15-/m0/s1. The predicted molar refractivity (Wildman–Crippen MR) is 125 cm³/mol.